The molecule has 9 nitrogen and oxygen atoms in total. The van der Waals surface area contributed by atoms with Crippen LogP contribution < -0.4 is 9.73 Å². The van der Waals surface area contributed by atoms with Gasteiger partial charge < -0.3 is 9.15 Å². The summed E-state index contributed by atoms with van der Waals surface area (Å²) < 4.78 is 38.7. The van der Waals surface area contributed by atoms with Gasteiger partial charge >= 0.3 is 5.97 Å². The van der Waals surface area contributed by atoms with Gasteiger partial charge in [-0.15, -0.1) is 0 Å². The number of carbonyl (C=O) groups excluding carboxylic acids is 2. The number of aryl methyl sites for hydroxylation is 2. The summed E-state index contributed by atoms with van der Waals surface area (Å²) in [4.78, 5) is 24.7. The second-order valence-electron chi connectivity index (χ2n) is 8.95. The quantitative estimate of drug-likeness (QED) is 0.164. The van der Waals surface area contributed by atoms with Crippen LogP contribution in [0.2, 0.25) is 0 Å². The first-order valence-corrected chi connectivity index (χ1v) is 14.0. The van der Waals surface area contributed by atoms with Crippen molar-refractivity contribution >= 4 is 33.8 Å². The van der Waals surface area contributed by atoms with E-state index in [1.54, 1.807) is 79.7 Å². The Morgan fingerprint density at radius 3 is 2.15 bits per heavy atom. The molecule has 0 spiro atoms. The normalized spacial score (nSPS) is 11.4. The largest absolute Gasteiger partial charge is 0.462 e. The zero-order valence-electron chi connectivity index (χ0n) is 22.3. The molecule has 0 aliphatic heterocycles. The number of anilines is 1. The molecule has 0 aliphatic rings. The minimum Gasteiger partial charge on any atom is -0.462 e. The smallest absolute Gasteiger partial charge is 0.338 e. The van der Waals surface area contributed by atoms with E-state index in [9.17, 15) is 18.0 Å². The van der Waals surface area contributed by atoms with Crippen molar-refractivity contribution < 1.29 is 27.2 Å². The predicted octanol–water partition coefficient (Wildman–Crippen LogP) is 5.09. The molecule has 0 radical (unpaired) electrons. The van der Waals surface area contributed by atoms with Crippen LogP contribution in [0.4, 0.5) is 5.69 Å². The highest BCUT2D eigenvalue weighted by Crippen LogP contribution is 2.25. The molecule has 0 fully saturated rings. The van der Waals surface area contributed by atoms with Gasteiger partial charge in [0.05, 0.1) is 29.0 Å². The maximum atomic E-state index is 13.5. The Labute approximate surface area is 233 Å². The highest BCUT2D eigenvalue weighted by molar-refractivity contribution is 7.92. The molecule has 10 heteroatoms. The Hall–Kier alpha value is -4.70. The van der Waals surface area contributed by atoms with Crippen molar-refractivity contribution in [1.82, 2.24) is 5.43 Å². The summed E-state index contributed by atoms with van der Waals surface area (Å²) in [5.74, 6) is -0.121. The lowest BCUT2D eigenvalue weighted by Gasteiger charge is -2.24. The number of nitrogens with one attached hydrogen (secondary N) is 1. The summed E-state index contributed by atoms with van der Waals surface area (Å²) in [5, 5.41) is 3.93. The van der Waals surface area contributed by atoms with Gasteiger partial charge in [-0.2, -0.15) is 5.10 Å². The summed E-state index contributed by atoms with van der Waals surface area (Å²) in [5.41, 5.74) is 5.78. The highest BCUT2D eigenvalue weighted by Gasteiger charge is 2.27. The second-order valence-corrected chi connectivity index (χ2v) is 10.8. The average Bonchev–Trinajstić information content (AvgIpc) is 3.42. The minimum absolute atomic E-state index is 0.0772. The van der Waals surface area contributed by atoms with E-state index in [0.29, 0.717) is 29.4 Å². The topological polar surface area (TPSA) is 118 Å². The number of amides is 1. The molecule has 0 atom stereocenters. The molecule has 4 rings (SSSR count). The first kappa shape index (κ1) is 28.3. The molecule has 0 aliphatic carbocycles. The van der Waals surface area contributed by atoms with Crippen LogP contribution in [0.1, 0.15) is 34.2 Å². The number of ether oxygens (including phenoxy) is 1. The van der Waals surface area contributed by atoms with Gasteiger partial charge in [0.15, 0.2) is 0 Å². The lowest BCUT2D eigenvalue weighted by atomic mass is 10.1. The van der Waals surface area contributed by atoms with E-state index in [1.807, 2.05) is 13.8 Å². The number of hydrogen-bond acceptors (Lipinski definition) is 7. The third kappa shape index (κ3) is 6.83. The van der Waals surface area contributed by atoms with E-state index in [0.717, 1.165) is 21.0 Å². The van der Waals surface area contributed by atoms with Gasteiger partial charge in [0, 0.05) is 5.56 Å². The standard InChI is InChI=1S/C30H29N3O6S/c1-4-38-30(35)24-11-9-23(10-12-24)28-18-15-26(39-28)19-31-32-29(34)20-33(25-13-5-21(2)6-14-25)40(36,37)27-16-7-22(3)8-17-27/h5-19H,4,20H2,1-3H3,(H,32,34)/b31-19-. The van der Waals surface area contributed by atoms with Crippen molar-refractivity contribution in [2.24, 2.45) is 5.10 Å². The second kappa shape index (κ2) is 12.4. The van der Waals surface area contributed by atoms with E-state index >= 15 is 0 Å². The van der Waals surface area contributed by atoms with Crippen molar-refractivity contribution in [3.8, 4) is 11.3 Å². The van der Waals surface area contributed by atoms with Gasteiger partial charge in [0.2, 0.25) is 0 Å². The highest BCUT2D eigenvalue weighted by atomic mass is 32.2. The number of hydrogen-bond donors (Lipinski definition) is 1. The molecule has 4 aromatic rings. The van der Waals surface area contributed by atoms with Crippen LogP contribution in [0.3, 0.4) is 0 Å². The predicted molar refractivity (Wildman–Crippen MR) is 153 cm³/mol. The molecular weight excluding hydrogens is 530 g/mol. The van der Waals surface area contributed by atoms with E-state index < -0.39 is 28.4 Å². The van der Waals surface area contributed by atoms with Crippen molar-refractivity contribution in [2.45, 2.75) is 25.7 Å². The molecule has 40 heavy (non-hydrogen) atoms. The van der Waals surface area contributed by atoms with E-state index in [1.165, 1.54) is 18.3 Å². The number of carbonyl (C=O) groups is 2. The number of benzene rings is 3. The molecule has 0 bridgehead atoms. The zero-order valence-corrected chi connectivity index (χ0v) is 23.1. The first-order chi connectivity index (χ1) is 19.2. The number of sulfonamides is 1. The van der Waals surface area contributed by atoms with Gasteiger partial charge in [0.1, 0.15) is 18.1 Å². The first-order valence-electron chi connectivity index (χ1n) is 12.5. The molecule has 206 valence electrons. The monoisotopic (exact) mass is 559 g/mol. The lowest BCUT2D eigenvalue weighted by molar-refractivity contribution is -0.119. The van der Waals surface area contributed by atoms with Gasteiger partial charge in [-0.1, -0.05) is 47.5 Å². The maximum absolute atomic E-state index is 13.5. The summed E-state index contributed by atoms with van der Waals surface area (Å²) in [6, 6.07) is 23.5. The number of furan rings is 1. The molecule has 1 heterocycles. The summed E-state index contributed by atoms with van der Waals surface area (Å²) in [6.45, 7) is 5.32. The lowest BCUT2D eigenvalue weighted by Crippen LogP contribution is -2.39. The van der Waals surface area contributed by atoms with Crippen LogP contribution in [0.15, 0.2) is 99.3 Å². The molecular formula is C30H29N3O6S. The Balaban J connectivity index is 1.45. The van der Waals surface area contributed by atoms with Gasteiger partial charge in [-0.25, -0.2) is 18.6 Å². The fraction of sp³-hybridized carbons (Fsp3) is 0.167. The number of esters is 1. The van der Waals surface area contributed by atoms with Crippen LogP contribution in [0.5, 0.6) is 0 Å². The molecule has 0 saturated heterocycles. The third-order valence-corrected chi connectivity index (χ3v) is 7.69. The molecule has 1 aromatic heterocycles. The number of nitrogens with zero attached hydrogens (tertiary/aromatic N) is 2. The third-order valence-electron chi connectivity index (χ3n) is 5.91. The fourth-order valence-corrected chi connectivity index (χ4v) is 5.18. The SMILES string of the molecule is CCOC(=O)c1ccc(-c2ccc(/C=N\NC(=O)CN(c3ccc(C)cc3)S(=O)(=O)c3ccc(C)cc3)o2)cc1. The van der Waals surface area contributed by atoms with Crippen molar-refractivity contribution in [2.75, 3.05) is 17.5 Å². The zero-order chi connectivity index (χ0) is 28.7. The van der Waals surface area contributed by atoms with Crippen molar-refractivity contribution in [3.63, 3.8) is 0 Å². The number of hydrazone groups is 1. The molecule has 0 saturated carbocycles. The Bertz CT molecular complexity index is 1610. The van der Waals surface area contributed by atoms with E-state index in [2.05, 4.69) is 10.5 Å². The van der Waals surface area contributed by atoms with Gasteiger partial charge in [-0.3, -0.25) is 9.10 Å². The van der Waals surface area contributed by atoms with Crippen LogP contribution in [-0.2, 0) is 19.6 Å². The molecule has 3 aromatic carbocycles. The summed E-state index contributed by atoms with van der Waals surface area (Å²) >= 11 is 0. The van der Waals surface area contributed by atoms with Crippen LogP contribution in [0, 0.1) is 13.8 Å². The van der Waals surface area contributed by atoms with Crippen molar-refractivity contribution in [3.05, 3.63) is 107 Å². The van der Waals surface area contributed by atoms with Gasteiger partial charge in [0.25, 0.3) is 15.9 Å². The average molecular weight is 560 g/mol. The Kier molecular flexibility index (Phi) is 8.80. The molecule has 1 amide bonds. The van der Waals surface area contributed by atoms with Gasteiger partial charge in [-0.05, 0) is 69.3 Å². The molecule has 0 unspecified atom stereocenters. The van der Waals surface area contributed by atoms with Crippen LogP contribution in [-0.4, -0.2) is 39.7 Å². The summed E-state index contributed by atoms with van der Waals surface area (Å²) in [6.07, 6.45) is 1.32. The van der Waals surface area contributed by atoms with E-state index in [-0.39, 0.29) is 4.90 Å². The van der Waals surface area contributed by atoms with Crippen LogP contribution in [0.25, 0.3) is 11.3 Å². The molecule has 1 N–H and O–H groups in total. The van der Waals surface area contributed by atoms with E-state index in [4.69, 9.17) is 9.15 Å². The van der Waals surface area contributed by atoms with Crippen molar-refractivity contribution in [1.29, 1.82) is 0 Å². The minimum atomic E-state index is -4.02. The maximum Gasteiger partial charge on any atom is 0.338 e. The Morgan fingerprint density at radius 1 is 0.900 bits per heavy atom. The Morgan fingerprint density at radius 2 is 1.52 bits per heavy atom. The summed E-state index contributed by atoms with van der Waals surface area (Å²) in [7, 11) is -4.02. The number of rotatable bonds is 10. The van der Waals surface area contributed by atoms with Crippen LogP contribution >= 0.6 is 0 Å². The fourth-order valence-electron chi connectivity index (χ4n) is 3.76.